The highest BCUT2D eigenvalue weighted by Crippen LogP contribution is 2.34. The maximum atomic E-state index is 15.2. The molecule has 9 heteroatoms. The van der Waals surface area contributed by atoms with Crippen molar-refractivity contribution in [3.63, 3.8) is 0 Å². The summed E-state index contributed by atoms with van der Waals surface area (Å²) in [5, 5.41) is 4.29. The average Bonchev–Trinajstić information content (AvgIpc) is 3.19. The van der Waals surface area contributed by atoms with Crippen LogP contribution >= 0.6 is 0 Å². The molecule has 2 aromatic heterocycles. The number of hydrogen-bond donors (Lipinski definition) is 0. The zero-order valence-electron chi connectivity index (χ0n) is 17.4. The Hall–Kier alpha value is -3.75. The zero-order valence-corrected chi connectivity index (χ0v) is 17.4. The third-order valence-corrected chi connectivity index (χ3v) is 5.36. The van der Waals surface area contributed by atoms with Gasteiger partial charge in [-0.3, -0.25) is 9.48 Å². The lowest BCUT2D eigenvalue weighted by molar-refractivity contribution is -0.137. The van der Waals surface area contributed by atoms with Gasteiger partial charge in [-0.25, -0.2) is 9.37 Å². The quantitative estimate of drug-likeness (QED) is 0.401. The van der Waals surface area contributed by atoms with Crippen LogP contribution in [0.4, 0.5) is 23.2 Å². The first-order chi connectivity index (χ1) is 15.1. The smallest absolute Gasteiger partial charge is 0.307 e. The second kappa shape index (κ2) is 7.74. The summed E-state index contributed by atoms with van der Waals surface area (Å²) in [6.45, 7) is 1.56. The molecule has 0 saturated heterocycles. The molecule has 0 unspecified atom stereocenters. The third kappa shape index (κ3) is 3.70. The fourth-order valence-electron chi connectivity index (χ4n) is 3.52. The summed E-state index contributed by atoms with van der Waals surface area (Å²) in [6.07, 6.45) is -2.96. The van der Waals surface area contributed by atoms with E-state index in [9.17, 15) is 18.0 Å². The van der Waals surface area contributed by atoms with Crippen LogP contribution in [-0.4, -0.2) is 27.7 Å². The molecule has 1 amide bonds. The predicted molar refractivity (Wildman–Crippen MR) is 113 cm³/mol. The molecule has 4 aromatic rings. The second-order valence-corrected chi connectivity index (χ2v) is 7.38. The van der Waals surface area contributed by atoms with E-state index in [1.54, 1.807) is 32.2 Å². The number of hydrogen-bond acceptors (Lipinski definition) is 3. The lowest BCUT2D eigenvalue weighted by Crippen LogP contribution is -2.29. The van der Waals surface area contributed by atoms with Gasteiger partial charge in [0.05, 0.1) is 22.5 Å². The normalized spacial score (nSPS) is 11.7. The van der Waals surface area contributed by atoms with Crippen molar-refractivity contribution >= 4 is 22.5 Å². The minimum atomic E-state index is -4.44. The molecule has 5 nitrogen and oxygen atoms in total. The van der Waals surface area contributed by atoms with Gasteiger partial charge in [0.25, 0.3) is 5.91 Å². The number of amides is 1. The van der Waals surface area contributed by atoms with Crippen molar-refractivity contribution in [2.24, 2.45) is 7.05 Å². The van der Waals surface area contributed by atoms with Crippen molar-refractivity contribution in [2.75, 3.05) is 11.9 Å². The van der Waals surface area contributed by atoms with E-state index < -0.39 is 23.5 Å². The summed E-state index contributed by atoms with van der Waals surface area (Å²) >= 11 is 0. The molecule has 0 fully saturated rings. The van der Waals surface area contributed by atoms with Gasteiger partial charge in [0.15, 0.2) is 0 Å². The van der Waals surface area contributed by atoms with Crippen molar-refractivity contribution in [3.05, 3.63) is 77.4 Å². The molecule has 0 aliphatic carbocycles. The number of aromatic nitrogens is 3. The molecule has 0 spiro atoms. The van der Waals surface area contributed by atoms with Crippen LogP contribution in [0.15, 0.2) is 54.7 Å². The Labute approximate surface area is 180 Å². The summed E-state index contributed by atoms with van der Waals surface area (Å²) in [5.74, 6) is -1.00. The topological polar surface area (TPSA) is 51.0 Å². The maximum Gasteiger partial charge on any atom is 0.416 e. The minimum absolute atomic E-state index is 0.0908. The number of rotatable bonds is 3. The van der Waals surface area contributed by atoms with Gasteiger partial charge in [0, 0.05) is 31.2 Å². The van der Waals surface area contributed by atoms with Crippen LogP contribution in [0.1, 0.15) is 21.6 Å². The van der Waals surface area contributed by atoms with Crippen LogP contribution in [0, 0.1) is 12.7 Å². The van der Waals surface area contributed by atoms with Gasteiger partial charge in [-0.2, -0.15) is 18.3 Å². The molecule has 0 atom stereocenters. The summed E-state index contributed by atoms with van der Waals surface area (Å²) in [4.78, 5) is 18.3. The number of carbonyl (C=O) groups is 1. The first kappa shape index (κ1) is 21.5. The van der Waals surface area contributed by atoms with E-state index >= 15 is 4.39 Å². The van der Waals surface area contributed by atoms with Gasteiger partial charge < -0.3 is 4.90 Å². The maximum absolute atomic E-state index is 15.2. The molecule has 0 bridgehead atoms. The van der Waals surface area contributed by atoms with Crippen LogP contribution in [0.3, 0.4) is 0 Å². The molecular formula is C23H18F4N4O. The van der Waals surface area contributed by atoms with E-state index in [-0.39, 0.29) is 11.3 Å². The second-order valence-electron chi connectivity index (χ2n) is 7.38. The van der Waals surface area contributed by atoms with Gasteiger partial charge in [-0.1, -0.05) is 12.1 Å². The molecule has 0 N–H and O–H groups in total. The summed E-state index contributed by atoms with van der Waals surface area (Å²) in [7, 11) is 3.09. The summed E-state index contributed by atoms with van der Waals surface area (Å²) in [6, 6.07) is 11.0. The predicted octanol–water partition coefficient (Wildman–Crippen LogP) is 5.38. The lowest BCUT2D eigenvalue weighted by Gasteiger charge is -2.20. The van der Waals surface area contributed by atoms with Crippen LogP contribution in [0.25, 0.3) is 22.2 Å². The van der Waals surface area contributed by atoms with E-state index in [2.05, 4.69) is 10.1 Å². The number of anilines is 1. The molecule has 2 heterocycles. The van der Waals surface area contributed by atoms with Gasteiger partial charge in [-0.15, -0.1) is 0 Å². The van der Waals surface area contributed by atoms with Crippen molar-refractivity contribution in [1.82, 2.24) is 14.8 Å². The molecule has 0 aliphatic heterocycles. The van der Waals surface area contributed by atoms with Crippen LogP contribution < -0.4 is 4.90 Å². The highest BCUT2D eigenvalue weighted by atomic mass is 19.4. The standard InChI is InChI=1S/C23H18F4N4O/c1-13-16(18-7-4-14-12-15(23(25,26)27)5-8-17(14)29-18)6-9-19(21(13)24)30(2)22(32)20-10-11-28-31(20)3/h4-12H,1-3H3. The molecule has 4 rings (SSSR count). The number of nitrogens with zero attached hydrogens (tertiary/aromatic N) is 4. The molecule has 2 aromatic carbocycles. The number of carbonyl (C=O) groups excluding carboxylic acids is 1. The molecular weight excluding hydrogens is 424 g/mol. The zero-order chi connectivity index (χ0) is 23.2. The Morgan fingerprint density at radius 1 is 1.06 bits per heavy atom. The SMILES string of the molecule is Cc1c(-c2ccc3cc(C(F)(F)F)ccc3n2)ccc(N(C)C(=O)c2ccnn2C)c1F. The van der Waals surface area contributed by atoms with Crippen LogP contribution in [-0.2, 0) is 13.2 Å². The van der Waals surface area contributed by atoms with Crippen molar-refractivity contribution in [3.8, 4) is 11.3 Å². The molecule has 0 aliphatic rings. The van der Waals surface area contributed by atoms with E-state index in [4.69, 9.17) is 0 Å². The first-order valence-electron chi connectivity index (χ1n) is 9.61. The monoisotopic (exact) mass is 442 g/mol. The number of halogens is 4. The van der Waals surface area contributed by atoms with Gasteiger partial charge >= 0.3 is 6.18 Å². The van der Waals surface area contributed by atoms with E-state index in [0.717, 1.165) is 12.1 Å². The number of aryl methyl sites for hydroxylation is 1. The van der Waals surface area contributed by atoms with E-state index in [1.165, 1.54) is 41.0 Å². The Bertz CT molecular complexity index is 1340. The summed E-state index contributed by atoms with van der Waals surface area (Å²) in [5.41, 5.74) is 1.17. The van der Waals surface area contributed by atoms with Gasteiger partial charge in [-0.05, 0) is 48.9 Å². The lowest BCUT2D eigenvalue weighted by atomic mass is 10.0. The highest BCUT2D eigenvalue weighted by Gasteiger charge is 2.30. The fourth-order valence-corrected chi connectivity index (χ4v) is 3.52. The molecule has 32 heavy (non-hydrogen) atoms. The fraction of sp³-hybridized carbons (Fsp3) is 0.174. The Morgan fingerprint density at radius 3 is 2.47 bits per heavy atom. The van der Waals surface area contributed by atoms with Crippen molar-refractivity contribution in [1.29, 1.82) is 0 Å². The minimum Gasteiger partial charge on any atom is -0.307 e. The van der Waals surface area contributed by atoms with Gasteiger partial charge in [0.2, 0.25) is 0 Å². The number of pyridine rings is 1. The molecule has 0 saturated carbocycles. The Balaban J connectivity index is 1.71. The largest absolute Gasteiger partial charge is 0.416 e. The van der Waals surface area contributed by atoms with Crippen molar-refractivity contribution < 1.29 is 22.4 Å². The van der Waals surface area contributed by atoms with Crippen LogP contribution in [0.2, 0.25) is 0 Å². The van der Waals surface area contributed by atoms with E-state index in [0.29, 0.717) is 27.9 Å². The number of benzene rings is 2. The number of alkyl halides is 3. The molecule has 0 radical (unpaired) electrons. The summed E-state index contributed by atoms with van der Waals surface area (Å²) < 4.78 is 55.4. The number of fused-ring (bicyclic) bond motifs is 1. The highest BCUT2D eigenvalue weighted by molar-refractivity contribution is 6.04. The van der Waals surface area contributed by atoms with E-state index in [1.807, 2.05) is 0 Å². The van der Waals surface area contributed by atoms with Crippen molar-refractivity contribution in [2.45, 2.75) is 13.1 Å². The van der Waals surface area contributed by atoms with Crippen LogP contribution in [0.5, 0.6) is 0 Å². The first-order valence-corrected chi connectivity index (χ1v) is 9.61. The average molecular weight is 442 g/mol. The molecule has 164 valence electrons. The Morgan fingerprint density at radius 2 is 1.81 bits per heavy atom. The Kier molecular flexibility index (Phi) is 5.20. The van der Waals surface area contributed by atoms with Gasteiger partial charge in [0.1, 0.15) is 11.5 Å². The third-order valence-electron chi connectivity index (χ3n) is 5.36.